The lowest BCUT2D eigenvalue weighted by atomic mass is 10.0. The first-order valence-electron chi connectivity index (χ1n) is 6.71. The molecule has 0 saturated carbocycles. The van der Waals surface area contributed by atoms with Gasteiger partial charge in [-0.2, -0.15) is 0 Å². The van der Waals surface area contributed by atoms with E-state index in [0.717, 1.165) is 22.7 Å². The number of nitrogens with one attached hydrogen (secondary N) is 1. The zero-order chi connectivity index (χ0) is 14.7. The molecular weight excluding hydrogens is 278 g/mol. The molecule has 2 atom stereocenters. The number of aromatic nitrogens is 1. The molecule has 0 aromatic carbocycles. The summed E-state index contributed by atoms with van der Waals surface area (Å²) in [5.74, 6) is -0.933. The number of piperidine rings is 1. The smallest absolute Gasteiger partial charge is 0.326 e. The van der Waals surface area contributed by atoms with Crippen molar-refractivity contribution in [2.45, 2.75) is 45.2 Å². The van der Waals surface area contributed by atoms with Gasteiger partial charge in [0.2, 0.25) is 0 Å². The molecule has 1 aliphatic rings. The number of hydrogen-bond acceptors (Lipinski definition) is 4. The van der Waals surface area contributed by atoms with Crippen LogP contribution in [0, 0.1) is 6.92 Å². The molecule has 110 valence electrons. The highest BCUT2D eigenvalue weighted by Crippen LogP contribution is 2.21. The van der Waals surface area contributed by atoms with Crippen molar-refractivity contribution in [3.05, 3.63) is 16.1 Å². The largest absolute Gasteiger partial charge is 0.480 e. The van der Waals surface area contributed by atoms with Crippen molar-refractivity contribution in [3.8, 4) is 0 Å². The van der Waals surface area contributed by atoms with Gasteiger partial charge < -0.3 is 15.3 Å². The van der Waals surface area contributed by atoms with Crippen molar-refractivity contribution in [1.29, 1.82) is 0 Å². The first-order chi connectivity index (χ1) is 9.49. The van der Waals surface area contributed by atoms with E-state index in [0.29, 0.717) is 13.0 Å². The average Bonchev–Trinajstić information content (AvgIpc) is 2.85. The Morgan fingerprint density at radius 2 is 2.30 bits per heavy atom. The molecule has 7 heteroatoms. The third-order valence-corrected chi connectivity index (χ3v) is 4.49. The Bertz CT molecular complexity index is 503. The molecule has 1 aromatic rings. The highest BCUT2D eigenvalue weighted by Gasteiger charge is 2.32. The number of carboxylic acids is 1. The topological polar surface area (TPSA) is 82.5 Å². The molecule has 2 heterocycles. The molecule has 0 spiro atoms. The van der Waals surface area contributed by atoms with E-state index in [1.54, 1.807) is 6.20 Å². The fraction of sp³-hybridized carbons (Fsp3) is 0.615. The number of thiazole rings is 1. The number of aryl methyl sites for hydroxylation is 1. The minimum Gasteiger partial charge on any atom is -0.480 e. The van der Waals surface area contributed by atoms with E-state index in [1.165, 1.54) is 16.2 Å². The van der Waals surface area contributed by atoms with Gasteiger partial charge >= 0.3 is 12.0 Å². The summed E-state index contributed by atoms with van der Waals surface area (Å²) in [6.45, 7) is 4.31. The molecule has 1 aliphatic heterocycles. The van der Waals surface area contributed by atoms with Crippen LogP contribution < -0.4 is 5.32 Å². The van der Waals surface area contributed by atoms with E-state index in [2.05, 4.69) is 10.3 Å². The number of aliphatic carboxylic acids is 1. The summed E-state index contributed by atoms with van der Waals surface area (Å²) in [4.78, 5) is 30.2. The Balaban J connectivity index is 2.01. The number of hydrogen-bond donors (Lipinski definition) is 2. The maximum absolute atomic E-state index is 12.2. The van der Waals surface area contributed by atoms with Crippen LogP contribution in [0.2, 0.25) is 0 Å². The molecule has 2 N–H and O–H groups in total. The van der Waals surface area contributed by atoms with Crippen molar-refractivity contribution in [2.75, 3.05) is 6.54 Å². The van der Waals surface area contributed by atoms with E-state index in [-0.39, 0.29) is 12.1 Å². The number of likely N-dealkylation sites (tertiary alicyclic amines) is 1. The standard InChI is InChI=1S/C13H19N3O3S/c1-8-7-14-11(20-8)9(2)15-13(19)16-6-4-3-5-10(16)12(17)18/h7,9-10H,3-6H2,1-2H3,(H,15,19)(H,17,18). The summed E-state index contributed by atoms with van der Waals surface area (Å²) in [7, 11) is 0. The van der Waals surface area contributed by atoms with Crippen molar-refractivity contribution in [3.63, 3.8) is 0 Å². The molecule has 1 fully saturated rings. The van der Waals surface area contributed by atoms with Crippen LogP contribution in [0.3, 0.4) is 0 Å². The predicted octanol–water partition coefficient (Wildman–Crippen LogP) is 2.16. The van der Waals surface area contributed by atoms with Crippen LogP contribution >= 0.6 is 11.3 Å². The van der Waals surface area contributed by atoms with E-state index in [1.807, 2.05) is 13.8 Å². The minimum atomic E-state index is -0.933. The van der Waals surface area contributed by atoms with E-state index < -0.39 is 12.0 Å². The van der Waals surface area contributed by atoms with E-state index in [9.17, 15) is 14.7 Å². The van der Waals surface area contributed by atoms with Crippen LogP contribution in [-0.2, 0) is 4.79 Å². The number of carboxylic acid groups (broad SMARTS) is 1. The lowest BCUT2D eigenvalue weighted by molar-refractivity contribution is -0.143. The van der Waals surface area contributed by atoms with Gasteiger partial charge in [-0.3, -0.25) is 0 Å². The predicted molar refractivity (Wildman–Crippen MR) is 75.8 cm³/mol. The van der Waals surface area contributed by atoms with Gasteiger partial charge in [-0.15, -0.1) is 11.3 Å². The second kappa shape index (κ2) is 6.21. The Hall–Kier alpha value is -1.63. The molecule has 6 nitrogen and oxygen atoms in total. The molecule has 0 aliphatic carbocycles. The lowest BCUT2D eigenvalue weighted by Crippen LogP contribution is -2.52. The molecule has 0 radical (unpaired) electrons. The third kappa shape index (κ3) is 3.27. The molecule has 2 rings (SSSR count). The van der Waals surface area contributed by atoms with Gasteiger partial charge in [-0.25, -0.2) is 14.6 Å². The number of urea groups is 1. The second-order valence-electron chi connectivity index (χ2n) is 5.02. The molecule has 1 aromatic heterocycles. The van der Waals surface area contributed by atoms with Gasteiger partial charge in [0.05, 0.1) is 6.04 Å². The van der Waals surface area contributed by atoms with Gasteiger partial charge in [0.1, 0.15) is 11.0 Å². The van der Waals surface area contributed by atoms with Crippen LogP contribution in [0.15, 0.2) is 6.20 Å². The van der Waals surface area contributed by atoms with Gasteiger partial charge in [-0.1, -0.05) is 0 Å². The fourth-order valence-corrected chi connectivity index (χ4v) is 3.11. The van der Waals surface area contributed by atoms with Crippen molar-refractivity contribution >= 4 is 23.3 Å². The van der Waals surface area contributed by atoms with E-state index >= 15 is 0 Å². The Labute approximate surface area is 121 Å². The first kappa shape index (κ1) is 14.8. The van der Waals surface area contributed by atoms with Crippen LogP contribution in [0.25, 0.3) is 0 Å². The van der Waals surface area contributed by atoms with Gasteiger partial charge in [-0.05, 0) is 33.1 Å². The maximum atomic E-state index is 12.2. The normalized spacial score (nSPS) is 20.5. The Kier molecular flexibility index (Phi) is 4.59. The van der Waals surface area contributed by atoms with Gasteiger partial charge in [0.25, 0.3) is 0 Å². The SMILES string of the molecule is Cc1cnc(C(C)NC(=O)N2CCCCC2C(=O)O)s1. The highest BCUT2D eigenvalue weighted by atomic mass is 32.1. The Morgan fingerprint density at radius 1 is 1.55 bits per heavy atom. The van der Waals surface area contributed by atoms with Crippen LogP contribution in [0.5, 0.6) is 0 Å². The van der Waals surface area contributed by atoms with Crippen molar-refractivity contribution in [1.82, 2.24) is 15.2 Å². The molecule has 20 heavy (non-hydrogen) atoms. The zero-order valence-corrected chi connectivity index (χ0v) is 12.4. The number of amides is 2. The van der Waals surface area contributed by atoms with Gasteiger partial charge in [0.15, 0.2) is 0 Å². The Morgan fingerprint density at radius 3 is 2.90 bits per heavy atom. The van der Waals surface area contributed by atoms with Crippen LogP contribution in [0.1, 0.15) is 42.1 Å². The summed E-state index contributed by atoms with van der Waals surface area (Å²) < 4.78 is 0. The summed E-state index contributed by atoms with van der Waals surface area (Å²) in [6, 6.07) is -1.25. The number of carbonyl (C=O) groups is 2. The summed E-state index contributed by atoms with van der Waals surface area (Å²) >= 11 is 1.53. The number of carbonyl (C=O) groups excluding carboxylic acids is 1. The molecule has 1 saturated heterocycles. The minimum absolute atomic E-state index is 0.211. The zero-order valence-electron chi connectivity index (χ0n) is 11.6. The lowest BCUT2D eigenvalue weighted by Gasteiger charge is -2.33. The first-order valence-corrected chi connectivity index (χ1v) is 7.53. The molecular formula is C13H19N3O3S. The average molecular weight is 297 g/mol. The van der Waals surface area contributed by atoms with Crippen LogP contribution in [-0.4, -0.2) is 39.6 Å². The van der Waals surface area contributed by atoms with Crippen molar-refractivity contribution in [2.24, 2.45) is 0 Å². The molecule has 2 unspecified atom stereocenters. The monoisotopic (exact) mass is 297 g/mol. The summed E-state index contributed by atoms with van der Waals surface area (Å²) in [5.41, 5.74) is 0. The van der Waals surface area contributed by atoms with Crippen LogP contribution in [0.4, 0.5) is 4.79 Å². The number of rotatable bonds is 3. The third-order valence-electron chi connectivity index (χ3n) is 3.40. The fourth-order valence-electron chi connectivity index (χ4n) is 2.33. The van der Waals surface area contributed by atoms with Gasteiger partial charge in [0, 0.05) is 17.6 Å². The maximum Gasteiger partial charge on any atom is 0.326 e. The summed E-state index contributed by atoms with van der Waals surface area (Å²) in [5, 5.41) is 12.8. The number of nitrogens with zero attached hydrogens (tertiary/aromatic N) is 2. The quantitative estimate of drug-likeness (QED) is 0.895. The molecule has 0 bridgehead atoms. The highest BCUT2D eigenvalue weighted by molar-refractivity contribution is 7.11. The van der Waals surface area contributed by atoms with E-state index in [4.69, 9.17) is 0 Å². The second-order valence-corrected chi connectivity index (χ2v) is 6.29. The van der Waals surface area contributed by atoms with Crippen molar-refractivity contribution < 1.29 is 14.7 Å². The summed E-state index contributed by atoms with van der Waals surface area (Å²) in [6.07, 6.45) is 3.99. The molecule has 2 amide bonds.